The number of halogens is 3. The van der Waals surface area contributed by atoms with Gasteiger partial charge in [-0.2, -0.15) is 13.2 Å². The zero-order valence-corrected chi connectivity index (χ0v) is 11.0. The number of aromatic nitrogens is 1. The van der Waals surface area contributed by atoms with Gasteiger partial charge in [0.25, 0.3) is 0 Å². The number of anilines is 1. The summed E-state index contributed by atoms with van der Waals surface area (Å²) in [7, 11) is 1.51. The Morgan fingerprint density at radius 2 is 2.15 bits per heavy atom. The number of carbonyl (C=O) groups excluding carboxylic acids is 1. The van der Waals surface area contributed by atoms with Crippen molar-refractivity contribution in [1.29, 1.82) is 0 Å². The van der Waals surface area contributed by atoms with Crippen LogP contribution in [0.25, 0.3) is 11.3 Å². The Morgan fingerprint density at radius 3 is 2.80 bits per heavy atom. The lowest BCUT2D eigenvalue weighted by atomic mass is 10.2. The molecule has 1 aromatic heterocycles. The molecule has 20 heavy (non-hydrogen) atoms. The number of alkyl halides is 3. The first kappa shape index (κ1) is 14.3. The van der Waals surface area contributed by atoms with Crippen LogP contribution in [0.1, 0.15) is 0 Å². The minimum Gasteiger partial charge on any atom is -0.497 e. The molecule has 0 radical (unpaired) electrons. The first-order chi connectivity index (χ1) is 9.40. The van der Waals surface area contributed by atoms with Gasteiger partial charge < -0.3 is 4.74 Å². The highest BCUT2D eigenvalue weighted by atomic mass is 32.1. The highest BCUT2D eigenvalue weighted by molar-refractivity contribution is 7.14. The van der Waals surface area contributed by atoms with Crippen molar-refractivity contribution in [2.24, 2.45) is 0 Å². The second-order valence-corrected chi connectivity index (χ2v) is 4.58. The van der Waals surface area contributed by atoms with Crippen LogP contribution in [0.4, 0.5) is 18.3 Å². The molecule has 0 aliphatic heterocycles. The van der Waals surface area contributed by atoms with Crippen LogP contribution in [-0.2, 0) is 4.79 Å². The zero-order valence-electron chi connectivity index (χ0n) is 10.2. The van der Waals surface area contributed by atoms with Gasteiger partial charge in [0.05, 0.1) is 12.8 Å². The van der Waals surface area contributed by atoms with E-state index in [-0.39, 0.29) is 5.13 Å². The molecule has 0 saturated heterocycles. The van der Waals surface area contributed by atoms with Crippen LogP contribution in [0.2, 0.25) is 0 Å². The predicted octanol–water partition coefficient (Wildman–Crippen LogP) is 3.32. The van der Waals surface area contributed by atoms with E-state index < -0.39 is 12.1 Å². The maximum absolute atomic E-state index is 12.1. The molecule has 0 saturated carbocycles. The molecule has 106 valence electrons. The van der Waals surface area contributed by atoms with Gasteiger partial charge in [0.2, 0.25) is 0 Å². The van der Waals surface area contributed by atoms with Gasteiger partial charge in [0, 0.05) is 10.9 Å². The van der Waals surface area contributed by atoms with Gasteiger partial charge in [-0.3, -0.25) is 10.1 Å². The SMILES string of the molecule is COc1cccc(-c2csc(NC(=O)C(F)(F)F)n2)c1. The molecule has 0 aliphatic carbocycles. The summed E-state index contributed by atoms with van der Waals surface area (Å²) in [6, 6.07) is 6.92. The summed E-state index contributed by atoms with van der Waals surface area (Å²) in [4.78, 5) is 14.7. The number of methoxy groups -OCH3 is 1. The van der Waals surface area contributed by atoms with Crippen molar-refractivity contribution in [3.63, 3.8) is 0 Å². The molecule has 0 atom stereocenters. The summed E-state index contributed by atoms with van der Waals surface area (Å²) in [5.41, 5.74) is 1.15. The lowest BCUT2D eigenvalue weighted by Gasteiger charge is -2.04. The van der Waals surface area contributed by atoms with Gasteiger partial charge in [-0.05, 0) is 12.1 Å². The van der Waals surface area contributed by atoms with E-state index in [9.17, 15) is 18.0 Å². The topological polar surface area (TPSA) is 51.2 Å². The number of hydrogen-bond acceptors (Lipinski definition) is 4. The van der Waals surface area contributed by atoms with E-state index in [1.165, 1.54) is 7.11 Å². The fourth-order valence-electron chi connectivity index (χ4n) is 1.41. The number of nitrogens with one attached hydrogen (secondary N) is 1. The Kier molecular flexibility index (Phi) is 3.93. The van der Waals surface area contributed by atoms with Crippen molar-refractivity contribution < 1.29 is 22.7 Å². The molecule has 0 aliphatic rings. The van der Waals surface area contributed by atoms with Gasteiger partial charge in [0.1, 0.15) is 5.75 Å². The second-order valence-electron chi connectivity index (χ2n) is 3.72. The van der Waals surface area contributed by atoms with Crippen LogP contribution in [0.3, 0.4) is 0 Å². The van der Waals surface area contributed by atoms with E-state index in [0.717, 1.165) is 11.3 Å². The molecule has 0 bridgehead atoms. The number of ether oxygens (including phenoxy) is 1. The number of carbonyl (C=O) groups is 1. The molecule has 1 amide bonds. The van der Waals surface area contributed by atoms with Gasteiger partial charge in [0.15, 0.2) is 5.13 Å². The van der Waals surface area contributed by atoms with Crippen LogP contribution in [0.15, 0.2) is 29.6 Å². The molecule has 4 nitrogen and oxygen atoms in total. The van der Waals surface area contributed by atoms with Gasteiger partial charge in [-0.25, -0.2) is 4.98 Å². The summed E-state index contributed by atoms with van der Waals surface area (Å²) in [6.07, 6.45) is -4.93. The van der Waals surface area contributed by atoms with Crippen molar-refractivity contribution in [2.75, 3.05) is 12.4 Å². The van der Waals surface area contributed by atoms with Crippen LogP contribution in [0.5, 0.6) is 5.75 Å². The van der Waals surface area contributed by atoms with Crippen molar-refractivity contribution in [2.45, 2.75) is 6.18 Å². The number of amides is 1. The summed E-state index contributed by atoms with van der Waals surface area (Å²) in [6.45, 7) is 0. The van der Waals surface area contributed by atoms with E-state index in [4.69, 9.17) is 4.74 Å². The third-order valence-corrected chi connectivity index (χ3v) is 3.11. The van der Waals surface area contributed by atoms with E-state index in [1.807, 2.05) is 0 Å². The number of nitrogens with zero attached hydrogens (tertiary/aromatic N) is 1. The summed E-state index contributed by atoms with van der Waals surface area (Å²) in [5, 5.41) is 3.16. The normalized spacial score (nSPS) is 11.2. The average molecular weight is 302 g/mol. The predicted molar refractivity (Wildman–Crippen MR) is 68.8 cm³/mol. The number of hydrogen-bond donors (Lipinski definition) is 1. The molecule has 2 rings (SSSR count). The van der Waals surface area contributed by atoms with Gasteiger partial charge in [-0.1, -0.05) is 12.1 Å². The smallest absolute Gasteiger partial charge is 0.471 e. The van der Waals surface area contributed by atoms with E-state index >= 15 is 0 Å². The maximum Gasteiger partial charge on any atom is 0.471 e. The van der Waals surface area contributed by atoms with E-state index in [2.05, 4.69) is 4.98 Å². The fraction of sp³-hybridized carbons (Fsp3) is 0.167. The maximum atomic E-state index is 12.1. The van der Waals surface area contributed by atoms with Crippen molar-refractivity contribution in [1.82, 2.24) is 4.98 Å². The Morgan fingerprint density at radius 1 is 1.40 bits per heavy atom. The van der Waals surface area contributed by atoms with Crippen LogP contribution >= 0.6 is 11.3 Å². The van der Waals surface area contributed by atoms with Crippen LogP contribution < -0.4 is 10.1 Å². The monoisotopic (exact) mass is 302 g/mol. The lowest BCUT2D eigenvalue weighted by molar-refractivity contribution is -0.167. The summed E-state index contributed by atoms with van der Waals surface area (Å²) in [5.74, 6) is -1.43. The van der Waals surface area contributed by atoms with Crippen LogP contribution in [0, 0.1) is 0 Å². The quantitative estimate of drug-likeness (QED) is 0.946. The molecule has 2 aromatic rings. The third kappa shape index (κ3) is 3.27. The van der Waals surface area contributed by atoms with Crippen molar-refractivity contribution in [3.8, 4) is 17.0 Å². The Bertz CT molecular complexity index is 625. The fourth-order valence-corrected chi connectivity index (χ4v) is 2.13. The van der Waals surface area contributed by atoms with Crippen molar-refractivity contribution in [3.05, 3.63) is 29.6 Å². The lowest BCUT2D eigenvalue weighted by Crippen LogP contribution is -2.29. The molecule has 0 unspecified atom stereocenters. The van der Waals surface area contributed by atoms with Crippen molar-refractivity contribution >= 4 is 22.4 Å². The highest BCUT2D eigenvalue weighted by Crippen LogP contribution is 2.28. The number of thiazole rings is 1. The summed E-state index contributed by atoms with van der Waals surface area (Å²) >= 11 is 0.918. The molecule has 0 fully saturated rings. The molecular weight excluding hydrogens is 293 g/mol. The van der Waals surface area contributed by atoms with Gasteiger partial charge >= 0.3 is 12.1 Å². The van der Waals surface area contributed by atoms with E-state index in [0.29, 0.717) is 17.0 Å². The first-order valence-electron chi connectivity index (χ1n) is 5.38. The minimum atomic E-state index is -4.93. The highest BCUT2D eigenvalue weighted by Gasteiger charge is 2.39. The molecular formula is C12H9F3N2O2S. The minimum absolute atomic E-state index is 0.106. The molecule has 8 heteroatoms. The largest absolute Gasteiger partial charge is 0.497 e. The zero-order chi connectivity index (χ0) is 14.8. The summed E-state index contributed by atoms with van der Waals surface area (Å²) < 4.78 is 41.4. The second kappa shape index (κ2) is 5.49. The average Bonchev–Trinajstić information content (AvgIpc) is 2.86. The Labute approximate surface area is 116 Å². The number of rotatable bonds is 3. The van der Waals surface area contributed by atoms with Crippen LogP contribution in [-0.4, -0.2) is 24.2 Å². The molecule has 0 spiro atoms. The molecule has 1 heterocycles. The van der Waals surface area contributed by atoms with Gasteiger partial charge in [-0.15, -0.1) is 11.3 Å². The molecule has 1 aromatic carbocycles. The third-order valence-electron chi connectivity index (χ3n) is 2.35. The molecule has 1 N–H and O–H groups in total. The first-order valence-corrected chi connectivity index (χ1v) is 6.26. The Balaban J connectivity index is 2.18. The standard InChI is InChI=1S/C12H9F3N2O2S/c1-19-8-4-2-3-7(5-8)9-6-20-11(16-9)17-10(18)12(13,14)15/h2-6H,1H3,(H,16,17,18). The van der Waals surface area contributed by atoms with E-state index in [1.54, 1.807) is 35.0 Å². The number of benzene rings is 1. The Hall–Kier alpha value is -2.09.